The predicted molar refractivity (Wildman–Crippen MR) is 102 cm³/mol. The Hall–Kier alpha value is -1.30. The highest BCUT2D eigenvalue weighted by atomic mass is 16.5. The number of likely N-dealkylation sites (N-methyl/N-ethyl adjacent to an activating group) is 1. The van der Waals surface area contributed by atoms with Crippen LogP contribution in [-0.4, -0.2) is 62.2 Å². The van der Waals surface area contributed by atoms with E-state index in [1.807, 2.05) is 7.05 Å². The second-order valence-corrected chi connectivity index (χ2v) is 8.43. The Morgan fingerprint density at radius 3 is 2.76 bits per heavy atom. The monoisotopic (exact) mass is 352 g/mol. The molecule has 2 rings (SSSR count). The fourth-order valence-corrected chi connectivity index (χ4v) is 3.84. The molecule has 3 unspecified atom stereocenters. The number of aliphatic imine (C=N–C) groups is 1. The number of ether oxygens (including phenoxy) is 1. The molecule has 144 valence electrons. The molecule has 2 fully saturated rings. The third-order valence-corrected chi connectivity index (χ3v) is 5.09. The summed E-state index contributed by atoms with van der Waals surface area (Å²) in [5.41, 5.74) is 0.138. The summed E-state index contributed by atoms with van der Waals surface area (Å²) in [6.45, 7) is 12.0. The molecule has 2 aliphatic rings. The van der Waals surface area contributed by atoms with Gasteiger partial charge in [0.2, 0.25) is 5.91 Å². The second kappa shape index (κ2) is 8.88. The molecule has 0 aromatic rings. The highest BCUT2D eigenvalue weighted by Gasteiger charge is 2.35. The smallest absolute Gasteiger partial charge is 0.222 e. The van der Waals surface area contributed by atoms with Gasteiger partial charge in [0.25, 0.3) is 0 Å². The van der Waals surface area contributed by atoms with Crippen LogP contribution in [0.5, 0.6) is 0 Å². The number of hydrogen-bond acceptors (Lipinski definition) is 3. The maximum atomic E-state index is 11.7. The van der Waals surface area contributed by atoms with Crippen LogP contribution in [0.15, 0.2) is 4.99 Å². The minimum Gasteiger partial charge on any atom is -0.377 e. The summed E-state index contributed by atoms with van der Waals surface area (Å²) in [6.07, 6.45) is 4.02. The number of rotatable bonds is 4. The lowest BCUT2D eigenvalue weighted by Gasteiger charge is -2.39. The number of amides is 1. The Morgan fingerprint density at radius 2 is 2.12 bits per heavy atom. The number of nitrogens with one attached hydrogen (secondary N) is 2. The Labute approximate surface area is 152 Å². The van der Waals surface area contributed by atoms with E-state index in [2.05, 4.69) is 38.3 Å². The second-order valence-electron chi connectivity index (χ2n) is 8.43. The molecule has 0 radical (unpaired) electrons. The van der Waals surface area contributed by atoms with Crippen LogP contribution in [0.1, 0.15) is 53.4 Å². The fraction of sp³-hybridized carbons (Fsp3) is 0.895. The first kappa shape index (κ1) is 20.0. The summed E-state index contributed by atoms with van der Waals surface area (Å²) in [6, 6.07) is 0.265. The minimum atomic E-state index is 0.138. The summed E-state index contributed by atoms with van der Waals surface area (Å²) < 4.78 is 6.07. The average Bonchev–Trinajstić information content (AvgIpc) is 2.55. The van der Waals surface area contributed by atoms with Gasteiger partial charge in [-0.25, -0.2) is 0 Å². The highest BCUT2D eigenvalue weighted by Crippen LogP contribution is 2.34. The molecule has 0 aromatic carbocycles. The van der Waals surface area contributed by atoms with Crippen LogP contribution < -0.4 is 10.6 Å². The first-order valence-corrected chi connectivity index (χ1v) is 9.71. The van der Waals surface area contributed by atoms with Crippen LogP contribution in [0.3, 0.4) is 0 Å². The van der Waals surface area contributed by atoms with E-state index in [-0.39, 0.29) is 23.5 Å². The molecule has 25 heavy (non-hydrogen) atoms. The quantitative estimate of drug-likeness (QED) is 0.600. The molecule has 2 heterocycles. The number of hydrogen-bond donors (Lipinski definition) is 2. The average molecular weight is 353 g/mol. The normalized spacial score (nSPS) is 28.8. The molecule has 1 amide bonds. The van der Waals surface area contributed by atoms with E-state index in [1.165, 1.54) is 6.42 Å². The van der Waals surface area contributed by atoms with Crippen LogP contribution in [0.2, 0.25) is 0 Å². The van der Waals surface area contributed by atoms with Crippen LogP contribution >= 0.6 is 0 Å². The van der Waals surface area contributed by atoms with Gasteiger partial charge in [-0.1, -0.05) is 20.8 Å². The van der Waals surface area contributed by atoms with Crippen molar-refractivity contribution in [3.63, 3.8) is 0 Å². The van der Waals surface area contributed by atoms with Crippen molar-refractivity contribution in [2.75, 3.05) is 33.3 Å². The Balaban J connectivity index is 1.97. The topological polar surface area (TPSA) is 66.0 Å². The van der Waals surface area contributed by atoms with Crippen molar-refractivity contribution in [3.8, 4) is 0 Å². The molecule has 3 atom stereocenters. The van der Waals surface area contributed by atoms with Gasteiger partial charge in [-0.05, 0) is 31.6 Å². The van der Waals surface area contributed by atoms with Gasteiger partial charge in [0.05, 0.1) is 6.10 Å². The SMILES string of the molecule is CCNC(=NCC1CCCOC1C(C)(C)C)NC1CCC(=O)N(C)C1. The summed E-state index contributed by atoms with van der Waals surface area (Å²) >= 11 is 0. The van der Waals surface area contributed by atoms with Crippen molar-refractivity contribution in [3.05, 3.63) is 0 Å². The Bertz CT molecular complexity index is 473. The standard InChI is InChI=1S/C19H36N4O2/c1-6-20-18(22-15-9-10-16(24)23(5)13-15)21-12-14-8-7-11-25-17(14)19(2,3)4/h14-15,17H,6-13H2,1-5H3,(H2,20,21,22). The Morgan fingerprint density at radius 1 is 1.36 bits per heavy atom. The largest absolute Gasteiger partial charge is 0.377 e. The lowest BCUT2D eigenvalue weighted by Crippen LogP contribution is -2.52. The number of likely N-dealkylation sites (tertiary alicyclic amines) is 1. The van der Waals surface area contributed by atoms with Crippen molar-refractivity contribution >= 4 is 11.9 Å². The molecular formula is C19H36N4O2. The molecule has 2 saturated heterocycles. The van der Waals surface area contributed by atoms with Gasteiger partial charge in [0.15, 0.2) is 5.96 Å². The lowest BCUT2D eigenvalue weighted by molar-refractivity contribution is -0.132. The van der Waals surface area contributed by atoms with Gasteiger partial charge in [-0.3, -0.25) is 9.79 Å². The van der Waals surface area contributed by atoms with Crippen molar-refractivity contribution in [1.82, 2.24) is 15.5 Å². The first-order valence-electron chi connectivity index (χ1n) is 9.71. The number of nitrogens with zero attached hydrogens (tertiary/aromatic N) is 2. The van der Waals surface area contributed by atoms with E-state index in [4.69, 9.17) is 9.73 Å². The van der Waals surface area contributed by atoms with E-state index in [0.29, 0.717) is 12.3 Å². The molecule has 2 N–H and O–H groups in total. The van der Waals surface area contributed by atoms with Crippen LogP contribution in [-0.2, 0) is 9.53 Å². The fourth-order valence-electron chi connectivity index (χ4n) is 3.84. The number of carbonyl (C=O) groups is 1. The molecular weight excluding hydrogens is 316 g/mol. The van der Waals surface area contributed by atoms with Crippen LogP contribution in [0.4, 0.5) is 0 Å². The number of piperidine rings is 1. The number of carbonyl (C=O) groups excluding carboxylic acids is 1. The zero-order valence-electron chi connectivity index (χ0n) is 16.6. The van der Waals surface area contributed by atoms with E-state index < -0.39 is 0 Å². The summed E-state index contributed by atoms with van der Waals surface area (Å²) in [5.74, 6) is 1.54. The summed E-state index contributed by atoms with van der Waals surface area (Å²) in [4.78, 5) is 18.3. The molecule has 2 aliphatic heterocycles. The number of guanidine groups is 1. The Kier molecular flexibility index (Phi) is 7.11. The van der Waals surface area contributed by atoms with Gasteiger partial charge < -0.3 is 20.3 Å². The van der Waals surface area contributed by atoms with Gasteiger partial charge in [-0.2, -0.15) is 0 Å². The zero-order valence-corrected chi connectivity index (χ0v) is 16.6. The van der Waals surface area contributed by atoms with Crippen LogP contribution in [0.25, 0.3) is 0 Å². The third-order valence-electron chi connectivity index (χ3n) is 5.09. The molecule has 0 aliphatic carbocycles. The van der Waals surface area contributed by atoms with Gasteiger partial charge in [0.1, 0.15) is 0 Å². The van der Waals surface area contributed by atoms with Crippen LogP contribution in [0, 0.1) is 11.3 Å². The van der Waals surface area contributed by atoms with E-state index in [9.17, 15) is 4.79 Å². The van der Waals surface area contributed by atoms with Crippen molar-refractivity contribution in [2.24, 2.45) is 16.3 Å². The summed E-state index contributed by atoms with van der Waals surface area (Å²) in [7, 11) is 1.87. The molecule has 6 nitrogen and oxygen atoms in total. The molecule has 0 aromatic heterocycles. The van der Waals surface area contributed by atoms with E-state index >= 15 is 0 Å². The molecule has 0 spiro atoms. The molecule has 0 saturated carbocycles. The van der Waals surface area contributed by atoms with Crippen molar-refractivity contribution in [2.45, 2.75) is 65.5 Å². The van der Waals surface area contributed by atoms with Crippen molar-refractivity contribution < 1.29 is 9.53 Å². The minimum absolute atomic E-state index is 0.138. The van der Waals surface area contributed by atoms with E-state index in [1.54, 1.807) is 4.90 Å². The summed E-state index contributed by atoms with van der Waals surface area (Å²) in [5, 5.41) is 6.85. The zero-order chi connectivity index (χ0) is 18.4. The maximum Gasteiger partial charge on any atom is 0.222 e. The first-order chi connectivity index (χ1) is 11.8. The van der Waals surface area contributed by atoms with Gasteiger partial charge >= 0.3 is 0 Å². The highest BCUT2D eigenvalue weighted by molar-refractivity contribution is 5.81. The van der Waals surface area contributed by atoms with Gasteiger partial charge in [0, 0.05) is 51.7 Å². The molecule has 0 bridgehead atoms. The predicted octanol–water partition coefficient (Wildman–Crippen LogP) is 2.00. The van der Waals surface area contributed by atoms with E-state index in [0.717, 1.165) is 45.0 Å². The lowest BCUT2D eigenvalue weighted by atomic mass is 9.78. The maximum absolute atomic E-state index is 11.7. The molecule has 6 heteroatoms. The third kappa shape index (κ3) is 5.87. The van der Waals surface area contributed by atoms with Crippen molar-refractivity contribution in [1.29, 1.82) is 0 Å². The van der Waals surface area contributed by atoms with Gasteiger partial charge in [-0.15, -0.1) is 0 Å².